The van der Waals surface area contributed by atoms with E-state index in [9.17, 15) is 21.6 Å². The number of nitrogens with one attached hydrogen (secondary N) is 1. The molecular formula is C15H17N3O5S2. The molecule has 0 bridgehead atoms. The Hall–Kier alpha value is -2.27. The first-order valence-corrected chi connectivity index (χ1v) is 10.0. The summed E-state index contributed by atoms with van der Waals surface area (Å²) >= 11 is 0. The molecule has 2 rings (SSSR count). The summed E-state index contributed by atoms with van der Waals surface area (Å²) in [5.41, 5.74) is 0.322. The van der Waals surface area contributed by atoms with Gasteiger partial charge in [-0.25, -0.2) is 22.0 Å². The average Bonchev–Trinajstić information content (AvgIpc) is 2.55. The molecule has 3 N–H and O–H groups in total. The van der Waals surface area contributed by atoms with E-state index in [2.05, 4.69) is 5.32 Å². The largest absolute Gasteiger partial charge is 0.325 e. The second kappa shape index (κ2) is 7.31. The summed E-state index contributed by atoms with van der Waals surface area (Å²) < 4.78 is 48.0. The van der Waals surface area contributed by atoms with E-state index in [1.165, 1.54) is 43.4 Å². The van der Waals surface area contributed by atoms with Gasteiger partial charge in [-0.2, -0.15) is 4.31 Å². The molecule has 2 aromatic rings. The van der Waals surface area contributed by atoms with E-state index in [1.807, 2.05) is 0 Å². The van der Waals surface area contributed by atoms with Gasteiger partial charge in [0, 0.05) is 12.7 Å². The Labute approximate surface area is 146 Å². The number of nitrogens with two attached hydrogens (primary N) is 1. The Morgan fingerprint density at radius 3 is 2.04 bits per heavy atom. The van der Waals surface area contributed by atoms with Gasteiger partial charge in [0.05, 0.1) is 16.3 Å². The number of hydrogen-bond acceptors (Lipinski definition) is 5. The fourth-order valence-electron chi connectivity index (χ4n) is 1.99. The number of rotatable bonds is 6. The number of hydrogen-bond donors (Lipinski definition) is 2. The average molecular weight is 383 g/mol. The lowest BCUT2D eigenvalue weighted by Crippen LogP contribution is -2.34. The van der Waals surface area contributed by atoms with E-state index in [1.54, 1.807) is 18.2 Å². The number of likely N-dealkylation sites (N-methyl/N-ethyl adjacent to an activating group) is 1. The fourth-order valence-corrected chi connectivity index (χ4v) is 3.65. The van der Waals surface area contributed by atoms with E-state index < -0.39 is 32.5 Å². The highest BCUT2D eigenvalue weighted by atomic mass is 32.2. The van der Waals surface area contributed by atoms with Crippen molar-refractivity contribution in [2.75, 3.05) is 18.9 Å². The zero-order chi connectivity index (χ0) is 18.7. The van der Waals surface area contributed by atoms with E-state index in [0.717, 1.165) is 4.31 Å². The maximum absolute atomic E-state index is 12.3. The molecular weight excluding hydrogens is 366 g/mol. The Kier molecular flexibility index (Phi) is 5.58. The summed E-state index contributed by atoms with van der Waals surface area (Å²) in [5, 5.41) is 7.48. The van der Waals surface area contributed by atoms with Gasteiger partial charge in [0.25, 0.3) is 0 Å². The highest BCUT2D eigenvalue weighted by Crippen LogP contribution is 2.15. The fraction of sp³-hybridized carbons (Fsp3) is 0.133. The van der Waals surface area contributed by atoms with Crippen molar-refractivity contribution in [1.82, 2.24) is 4.31 Å². The molecule has 0 radical (unpaired) electrons. The van der Waals surface area contributed by atoms with E-state index in [-0.39, 0.29) is 9.79 Å². The van der Waals surface area contributed by atoms with Crippen molar-refractivity contribution in [3.8, 4) is 0 Å². The summed E-state index contributed by atoms with van der Waals surface area (Å²) in [6.07, 6.45) is 0. The van der Waals surface area contributed by atoms with Crippen molar-refractivity contribution >= 4 is 31.6 Å². The third-order valence-corrected chi connectivity index (χ3v) is 6.03. The van der Waals surface area contributed by atoms with Gasteiger partial charge in [-0.05, 0) is 36.4 Å². The van der Waals surface area contributed by atoms with Gasteiger partial charge in [-0.15, -0.1) is 0 Å². The second-order valence-electron chi connectivity index (χ2n) is 5.19. The maximum Gasteiger partial charge on any atom is 0.243 e. The number of nitrogens with zero attached hydrogens (tertiary/aromatic N) is 1. The number of benzene rings is 2. The van der Waals surface area contributed by atoms with Crippen LogP contribution in [0.2, 0.25) is 0 Å². The molecule has 0 aliphatic carbocycles. The van der Waals surface area contributed by atoms with Gasteiger partial charge in [0.2, 0.25) is 26.0 Å². The molecule has 0 saturated carbocycles. The van der Waals surface area contributed by atoms with Crippen molar-refractivity contribution in [3.05, 3.63) is 54.6 Å². The van der Waals surface area contributed by atoms with Gasteiger partial charge in [0.15, 0.2) is 0 Å². The standard InChI is InChI=1S/C15H17N3O5S2/c1-18(25(22,23)14-5-3-2-4-6-14)11-15(19)17-12-7-9-13(10-8-12)24(16,20)21/h2-10H,11H2,1H3,(H,17,19)(H2,16,20,21). The molecule has 0 atom stereocenters. The molecule has 0 spiro atoms. The molecule has 1 amide bonds. The van der Waals surface area contributed by atoms with Crippen LogP contribution in [0.4, 0.5) is 5.69 Å². The molecule has 25 heavy (non-hydrogen) atoms. The number of carbonyl (C=O) groups is 1. The predicted octanol–water partition coefficient (Wildman–Crippen LogP) is 0.593. The Bertz CT molecular complexity index is 956. The van der Waals surface area contributed by atoms with Gasteiger partial charge in [-0.1, -0.05) is 18.2 Å². The SMILES string of the molecule is CN(CC(=O)Nc1ccc(S(N)(=O)=O)cc1)S(=O)(=O)c1ccccc1. The van der Waals surface area contributed by atoms with Gasteiger partial charge in [0.1, 0.15) is 0 Å². The van der Waals surface area contributed by atoms with Gasteiger partial charge in [-0.3, -0.25) is 4.79 Å². The van der Waals surface area contributed by atoms with Crippen LogP contribution in [0, 0.1) is 0 Å². The summed E-state index contributed by atoms with van der Waals surface area (Å²) in [5.74, 6) is -0.564. The quantitative estimate of drug-likeness (QED) is 0.755. The van der Waals surface area contributed by atoms with Crippen LogP contribution in [0.5, 0.6) is 0 Å². The molecule has 0 aromatic heterocycles. The van der Waals surface area contributed by atoms with Crippen molar-refractivity contribution in [2.24, 2.45) is 5.14 Å². The maximum atomic E-state index is 12.3. The zero-order valence-electron chi connectivity index (χ0n) is 13.3. The summed E-state index contributed by atoms with van der Waals surface area (Å²) in [7, 11) is -6.30. The number of carbonyl (C=O) groups excluding carboxylic acids is 1. The Morgan fingerprint density at radius 2 is 1.52 bits per heavy atom. The third kappa shape index (κ3) is 4.86. The molecule has 0 saturated heterocycles. The van der Waals surface area contributed by atoms with E-state index in [0.29, 0.717) is 5.69 Å². The first kappa shape index (κ1) is 19.1. The lowest BCUT2D eigenvalue weighted by atomic mass is 10.3. The van der Waals surface area contributed by atoms with Crippen LogP contribution in [0.3, 0.4) is 0 Å². The summed E-state index contributed by atoms with van der Waals surface area (Å²) in [6.45, 7) is -0.395. The minimum Gasteiger partial charge on any atom is -0.325 e. The van der Waals surface area contributed by atoms with Crippen LogP contribution in [-0.2, 0) is 24.8 Å². The first-order chi connectivity index (χ1) is 11.6. The molecule has 8 nitrogen and oxygen atoms in total. The van der Waals surface area contributed by atoms with Crippen molar-refractivity contribution in [3.63, 3.8) is 0 Å². The summed E-state index contributed by atoms with van der Waals surface area (Å²) in [4.78, 5) is 12.0. The number of anilines is 1. The van der Waals surface area contributed by atoms with Crippen LogP contribution in [-0.4, -0.2) is 40.6 Å². The topological polar surface area (TPSA) is 127 Å². The molecule has 2 aromatic carbocycles. The van der Waals surface area contributed by atoms with Crippen LogP contribution in [0.1, 0.15) is 0 Å². The van der Waals surface area contributed by atoms with E-state index in [4.69, 9.17) is 5.14 Å². The summed E-state index contributed by atoms with van der Waals surface area (Å²) in [6, 6.07) is 13.0. The number of sulfonamides is 2. The Morgan fingerprint density at radius 1 is 0.960 bits per heavy atom. The van der Waals surface area contributed by atoms with Gasteiger partial charge < -0.3 is 5.32 Å². The minimum absolute atomic E-state index is 0.0859. The lowest BCUT2D eigenvalue weighted by molar-refractivity contribution is -0.116. The molecule has 0 unspecified atom stereocenters. The third-order valence-electron chi connectivity index (χ3n) is 3.28. The monoisotopic (exact) mass is 383 g/mol. The van der Waals surface area contributed by atoms with Crippen molar-refractivity contribution < 1.29 is 21.6 Å². The molecule has 0 fully saturated rings. The van der Waals surface area contributed by atoms with Crippen LogP contribution in [0.25, 0.3) is 0 Å². The molecule has 0 aliphatic heterocycles. The lowest BCUT2D eigenvalue weighted by Gasteiger charge is -2.17. The van der Waals surface area contributed by atoms with E-state index >= 15 is 0 Å². The predicted molar refractivity (Wildman–Crippen MR) is 92.7 cm³/mol. The molecule has 0 aliphatic rings. The molecule has 0 heterocycles. The number of primary sulfonamides is 1. The molecule has 10 heteroatoms. The van der Waals surface area contributed by atoms with Crippen LogP contribution < -0.4 is 10.5 Å². The van der Waals surface area contributed by atoms with Crippen molar-refractivity contribution in [2.45, 2.75) is 9.79 Å². The normalized spacial score (nSPS) is 12.1. The minimum atomic E-state index is -3.82. The van der Waals surface area contributed by atoms with Gasteiger partial charge >= 0.3 is 0 Å². The van der Waals surface area contributed by atoms with Crippen molar-refractivity contribution in [1.29, 1.82) is 0 Å². The second-order valence-corrected chi connectivity index (χ2v) is 8.80. The Balaban J connectivity index is 2.05. The first-order valence-electron chi connectivity index (χ1n) is 7.05. The molecule has 134 valence electrons. The smallest absolute Gasteiger partial charge is 0.243 e. The van der Waals surface area contributed by atoms with Crippen LogP contribution >= 0.6 is 0 Å². The zero-order valence-corrected chi connectivity index (χ0v) is 14.9. The number of amides is 1. The highest BCUT2D eigenvalue weighted by Gasteiger charge is 2.22. The highest BCUT2D eigenvalue weighted by molar-refractivity contribution is 7.89. The van der Waals surface area contributed by atoms with Crippen LogP contribution in [0.15, 0.2) is 64.4 Å².